The summed E-state index contributed by atoms with van der Waals surface area (Å²) in [6.45, 7) is 8.95. The molecule has 5 aromatic rings. The molecule has 66 heavy (non-hydrogen) atoms. The monoisotopic (exact) mass is 912 g/mol. The van der Waals surface area contributed by atoms with Gasteiger partial charge in [-0.2, -0.15) is 0 Å². The number of phenolic OH excluding ortho intramolecular Hbond substituents is 1. The number of hydrogen-bond donors (Lipinski definition) is 2. The molecule has 0 saturated heterocycles. The van der Waals surface area contributed by atoms with Crippen molar-refractivity contribution in [3.8, 4) is 28.7 Å². The lowest BCUT2D eigenvalue weighted by molar-refractivity contribution is -0.158. The van der Waals surface area contributed by atoms with Gasteiger partial charge in [0, 0.05) is 29.7 Å². The van der Waals surface area contributed by atoms with Crippen LogP contribution in [0.1, 0.15) is 83.4 Å². The predicted octanol–water partition coefficient (Wildman–Crippen LogP) is 7.55. The van der Waals surface area contributed by atoms with Gasteiger partial charge in [-0.3, -0.25) is 28.5 Å². The number of methoxy groups -OCH3 is 4. The summed E-state index contributed by atoms with van der Waals surface area (Å²) in [6, 6.07) is 24.2. The molecule has 16 nitrogen and oxygen atoms in total. The van der Waals surface area contributed by atoms with Gasteiger partial charge in [-0.1, -0.05) is 43.7 Å². The molecule has 2 N–H and O–H groups in total. The van der Waals surface area contributed by atoms with Crippen LogP contribution in [0.3, 0.4) is 0 Å². The Kier molecular flexibility index (Phi) is 20.3. The van der Waals surface area contributed by atoms with Crippen molar-refractivity contribution in [1.82, 2.24) is 9.88 Å². The zero-order valence-corrected chi connectivity index (χ0v) is 38.8. The third-order valence-corrected chi connectivity index (χ3v) is 10.9. The topological polar surface area (TPSA) is 196 Å². The molecule has 0 bridgehead atoms. The first kappa shape index (κ1) is 51.6. The second kappa shape index (κ2) is 26.0. The molecule has 3 unspecified atom stereocenters. The number of phenols is 1. The van der Waals surface area contributed by atoms with Gasteiger partial charge in [0.25, 0.3) is 12.4 Å². The van der Waals surface area contributed by atoms with Crippen molar-refractivity contribution in [1.29, 1.82) is 0 Å². The minimum atomic E-state index is -0.660. The maximum absolute atomic E-state index is 13.0. The highest BCUT2D eigenvalue weighted by atomic mass is 16.7. The van der Waals surface area contributed by atoms with Crippen molar-refractivity contribution in [2.24, 2.45) is 5.92 Å². The van der Waals surface area contributed by atoms with Crippen LogP contribution >= 0.6 is 0 Å². The fourth-order valence-electron chi connectivity index (χ4n) is 7.62. The summed E-state index contributed by atoms with van der Waals surface area (Å²) in [5.41, 5.74) is 6.76. The molecule has 6 rings (SSSR count). The van der Waals surface area contributed by atoms with Crippen molar-refractivity contribution in [3.63, 3.8) is 0 Å². The number of nitrogens with one attached hydrogen (secondary N) is 1. The number of nitrogens with zero attached hydrogens (tertiary/aromatic N) is 1. The lowest BCUT2D eigenvalue weighted by atomic mass is 9.76. The number of aromatic nitrogens is 1. The Hall–Kier alpha value is -7.07. The summed E-state index contributed by atoms with van der Waals surface area (Å²) < 4.78 is 43.0. The molecule has 0 radical (unpaired) electrons. The number of benzene rings is 4. The number of hydrogen-bond acceptors (Lipinski definition) is 14. The van der Waals surface area contributed by atoms with Crippen LogP contribution in [0.25, 0.3) is 10.9 Å². The van der Waals surface area contributed by atoms with Crippen LogP contribution in [-0.4, -0.2) is 95.4 Å². The maximum Gasteiger partial charge on any atom is 0.306 e. The lowest BCUT2D eigenvalue weighted by Gasteiger charge is -2.36. The Balaban J connectivity index is 0.000000242. The second-order valence-corrected chi connectivity index (χ2v) is 15.2. The highest BCUT2D eigenvalue weighted by Gasteiger charge is 2.37. The molecule has 4 aromatic carbocycles. The molecule has 0 aliphatic heterocycles. The summed E-state index contributed by atoms with van der Waals surface area (Å²) in [5, 5.41) is 12.8. The van der Waals surface area contributed by atoms with Gasteiger partial charge in [-0.05, 0) is 104 Å². The molecule has 1 aromatic heterocycles. The third-order valence-electron chi connectivity index (χ3n) is 10.9. The van der Waals surface area contributed by atoms with E-state index in [-0.39, 0.29) is 62.9 Å². The number of aromatic hydroxyl groups is 1. The van der Waals surface area contributed by atoms with Crippen LogP contribution in [0, 0.1) is 19.8 Å². The van der Waals surface area contributed by atoms with E-state index in [1.807, 2.05) is 73.0 Å². The fraction of sp³-hybridized carbons (Fsp3) is 0.380. The Bertz CT molecular complexity index is 2370. The standard InChI is InChI=1S/C22H29NO9.C20H21NO2.C8H10O3/c1-15-9-16(11-29-13-25)22(19-10-17(31-14-28-2)3-4-18(15)19)32-21(27)6-5-20(26)30-8-7-23-12-24;1-5-17-14(3)21(19-11-10-16(23-4)12-18(17)19)20(22)15-8-6-13(2)7-9-15;1-10-6-4-3-5-7(11-2)8(6)9/h3-4,10,12-13,15-16,22H,5-9,11,14H2,1-2H3,(H,23,24);6-12H,5H2,1-4H3;3-5,9H,1-2H3. The number of para-hydroxylation sites is 1. The fourth-order valence-corrected chi connectivity index (χ4v) is 7.62. The van der Waals surface area contributed by atoms with E-state index in [0.717, 1.165) is 45.5 Å². The van der Waals surface area contributed by atoms with Crippen molar-refractivity contribution < 1.29 is 67.0 Å². The molecule has 1 aliphatic rings. The van der Waals surface area contributed by atoms with E-state index in [0.29, 0.717) is 42.1 Å². The highest BCUT2D eigenvalue weighted by Crippen LogP contribution is 2.45. The van der Waals surface area contributed by atoms with Crippen molar-refractivity contribution >= 4 is 41.6 Å². The molecular formula is C50H60N2O14. The second-order valence-electron chi connectivity index (χ2n) is 15.2. The molecule has 0 saturated carbocycles. The first-order valence-electron chi connectivity index (χ1n) is 21.4. The van der Waals surface area contributed by atoms with E-state index in [4.69, 9.17) is 37.9 Å². The van der Waals surface area contributed by atoms with Gasteiger partial charge < -0.3 is 48.3 Å². The summed E-state index contributed by atoms with van der Waals surface area (Å²) in [6.07, 6.45) is 1.06. The average molecular weight is 913 g/mol. The van der Waals surface area contributed by atoms with Gasteiger partial charge in [-0.25, -0.2) is 0 Å². The van der Waals surface area contributed by atoms with E-state index in [2.05, 4.69) is 19.2 Å². The Morgan fingerprint density at radius 1 is 0.833 bits per heavy atom. The number of aryl methyl sites for hydroxylation is 2. The molecule has 0 spiro atoms. The third kappa shape index (κ3) is 13.7. The van der Waals surface area contributed by atoms with E-state index in [9.17, 15) is 29.1 Å². The SMILES string of the molecule is CCc1c(C)n(C(=O)c2ccc(C)cc2)c2ccc(OC)cc12.COCOc1ccc2c(c1)C(OC(=O)CCC(=O)OCCNC=O)C(COC=O)CC2C.COc1cccc(OC)c1O. The number of carbonyl (C=O) groups is 5. The van der Waals surface area contributed by atoms with Gasteiger partial charge in [0.15, 0.2) is 18.3 Å². The number of ether oxygens (including phenoxy) is 8. The summed E-state index contributed by atoms with van der Waals surface area (Å²) in [4.78, 5) is 58.2. The van der Waals surface area contributed by atoms with Crippen LogP contribution in [-0.2, 0) is 44.5 Å². The smallest absolute Gasteiger partial charge is 0.306 e. The largest absolute Gasteiger partial charge is 0.502 e. The van der Waals surface area contributed by atoms with Crippen LogP contribution in [0.4, 0.5) is 0 Å². The van der Waals surface area contributed by atoms with Crippen LogP contribution in [0.15, 0.2) is 78.9 Å². The minimum absolute atomic E-state index is 0.0115. The van der Waals surface area contributed by atoms with Crippen molar-refractivity contribution in [2.45, 2.75) is 65.4 Å². The molecular weight excluding hydrogens is 853 g/mol. The normalized spacial score (nSPS) is 14.7. The molecule has 1 aliphatic carbocycles. The molecule has 3 atom stereocenters. The summed E-state index contributed by atoms with van der Waals surface area (Å²) in [7, 11) is 6.17. The number of rotatable bonds is 19. The predicted molar refractivity (Wildman–Crippen MR) is 245 cm³/mol. The Morgan fingerprint density at radius 3 is 2.14 bits per heavy atom. The van der Waals surface area contributed by atoms with Gasteiger partial charge in [0.2, 0.25) is 12.2 Å². The number of carbonyl (C=O) groups excluding carboxylic acids is 5. The van der Waals surface area contributed by atoms with E-state index in [1.165, 1.54) is 26.9 Å². The van der Waals surface area contributed by atoms with E-state index < -0.39 is 18.0 Å². The zero-order chi connectivity index (χ0) is 48.2. The molecule has 0 fully saturated rings. The van der Waals surface area contributed by atoms with E-state index in [1.54, 1.807) is 31.4 Å². The first-order chi connectivity index (χ1) is 31.8. The number of amides is 1. The Labute approximate surface area is 385 Å². The van der Waals surface area contributed by atoms with E-state index >= 15 is 0 Å². The van der Waals surface area contributed by atoms with Crippen LogP contribution in [0.2, 0.25) is 0 Å². The van der Waals surface area contributed by atoms with Crippen LogP contribution < -0.4 is 24.3 Å². The average Bonchev–Trinajstić information content (AvgIpc) is 3.61. The quantitative estimate of drug-likeness (QED) is 0.0271. The number of fused-ring (bicyclic) bond motifs is 2. The molecule has 16 heteroatoms. The highest BCUT2D eigenvalue weighted by molar-refractivity contribution is 6.04. The molecule has 354 valence electrons. The maximum atomic E-state index is 13.0. The van der Waals surface area contributed by atoms with Gasteiger partial charge in [0.05, 0.1) is 52.8 Å². The van der Waals surface area contributed by atoms with Gasteiger partial charge >= 0.3 is 11.9 Å². The number of esters is 2. The molecule has 1 heterocycles. The van der Waals surface area contributed by atoms with Crippen molar-refractivity contribution in [2.75, 3.05) is 55.0 Å². The molecule has 1 amide bonds. The summed E-state index contributed by atoms with van der Waals surface area (Å²) in [5.74, 6) is 1.04. The Morgan fingerprint density at radius 2 is 1.52 bits per heavy atom. The first-order valence-corrected chi connectivity index (χ1v) is 21.4. The lowest BCUT2D eigenvalue weighted by Crippen LogP contribution is -2.30. The zero-order valence-electron chi connectivity index (χ0n) is 38.8. The van der Waals surface area contributed by atoms with Gasteiger partial charge in [-0.15, -0.1) is 0 Å². The van der Waals surface area contributed by atoms with Crippen molar-refractivity contribution in [3.05, 3.63) is 112 Å². The minimum Gasteiger partial charge on any atom is -0.502 e. The summed E-state index contributed by atoms with van der Waals surface area (Å²) >= 11 is 0. The van der Waals surface area contributed by atoms with Crippen LogP contribution in [0.5, 0.6) is 28.7 Å². The van der Waals surface area contributed by atoms with Gasteiger partial charge in [0.1, 0.15) is 24.2 Å².